The Morgan fingerprint density at radius 1 is 1.00 bits per heavy atom. The number of nitriles is 1. The molecule has 0 atom stereocenters. The molecule has 0 saturated heterocycles. The van der Waals surface area contributed by atoms with Crippen LogP contribution in [0.2, 0.25) is 5.02 Å². The molecule has 3 aromatic rings. The van der Waals surface area contributed by atoms with E-state index in [4.69, 9.17) is 11.6 Å². The fourth-order valence-electron chi connectivity index (χ4n) is 2.73. The number of nitro groups is 1. The summed E-state index contributed by atoms with van der Waals surface area (Å²) in [6, 6.07) is 21.6. The smallest absolute Gasteiger partial charge is 0.293 e. The number of nitro benzene ring substituents is 1. The van der Waals surface area contributed by atoms with E-state index >= 15 is 0 Å². The van der Waals surface area contributed by atoms with Crippen LogP contribution in [0, 0.1) is 21.4 Å². The molecule has 0 aliphatic rings. The van der Waals surface area contributed by atoms with Gasteiger partial charge in [0.2, 0.25) is 0 Å². The highest BCUT2D eigenvalue weighted by molar-refractivity contribution is 6.33. The summed E-state index contributed by atoms with van der Waals surface area (Å²) in [5, 5.41) is 24.7. The van der Waals surface area contributed by atoms with Gasteiger partial charge in [0.1, 0.15) is 11.8 Å². The van der Waals surface area contributed by atoms with E-state index in [9.17, 15) is 15.4 Å². The molecule has 3 aromatic carbocycles. The topological polar surface area (TPSA) is 79.0 Å². The maximum Gasteiger partial charge on any atom is 0.293 e. The van der Waals surface area contributed by atoms with Crippen molar-refractivity contribution < 1.29 is 4.92 Å². The van der Waals surface area contributed by atoms with Crippen LogP contribution >= 0.6 is 11.6 Å². The first kappa shape index (κ1) is 17.5. The zero-order valence-electron chi connectivity index (χ0n) is 13.6. The maximum absolute atomic E-state index is 11.4. The molecule has 0 heterocycles. The second-order valence-corrected chi connectivity index (χ2v) is 5.98. The number of nitrogens with zero attached hydrogens (tertiary/aromatic N) is 2. The van der Waals surface area contributed by atoms with Gasteiger partial charge in [-0.05, 0) is 17.7 Å². The van der Waals surface area contributed by atoms with Gasteiger partial charge in [0.15, 0.2) is 0 Å². The highest BCUT2D eigenvalue weighted by atomic mass is 35.5. The van der Waals surface area contributed by atoms with Crippen LogP contribution in [0.3, 0.4) is 0 Å². The Labute approximate surface area is 155 Å². The Morgan fingerprint density at radius 3 is 2.35 bits per heavy atom. The van der Waals surface area contributed by atoms with Gasteiger partial charge in [-0.1, -0.05) is 60.1 Å². The summed E-state index contributed by atoms with van der Waals surface area (Å²) in [4.78, 5) is 11.0. The molecule has 0 unspecified atom stereocenters. The van der Waals surface area contributed by atoms with Crippen LogP contribution in [0.25, 0.3) is 11.1 Å². The molecule has 0 bridgehead atoms. The lowest BCUT2D eigenvalue weighted by atomic mass is 9.97. The van der Waals surface area contributed by atoms with Gasteiger partial charge in [0, 0.05) is 28.8 Å². The highest BCUT2D eigenvalue weighted by Gasteiger charge is 2.22. The SMILES string of the molecule is N#Cc1c(-c2ccccc2Cl)ccc([N+](=O)[O-])c1NCc1ccccc1. The molecule has 0 aromatic heterocycles. The third-order valence-corrected chi connectivity index (χ3v) is 4.30. The Balaban J connectivity index is 2.11. The molecule has 6 heteroatoms. The number of rotatable bonds is 5. The lowest BCUT2D eigenvalue weighted by molar-refractivity contribution is -0.384. The average molecular weight is 364 g/mol. The fourth-order valence-corrected chi connectivity index (χ4v) is 2.97. The van der Waals surface area contributed by atoms with Crippen LogP contribution in [-0.4, -0.2) is 4.92 Å². The van der Waals surface area contributed by atoms with E-state index in [1.54, 1.807) is 30.3 Å². The van der Waals surface area contributed by atoms with Crippen molar-refractivity contribution >= 4 is 23.0 Å². The van der Waals surface area contributed by atoms with Gasteiger partial charge < -0.3 is 5.32 Å². The molecular weight excluding hydrogens is 350 g/mol. The predicted octanol–water partition coefficient (Wildman–Crippen LogP) is 5.40. The van der Waals surface area contributed by atoms with Crippen molar-refractivity contribution in [2.45, 2.75) is 6.54 Å². The van der Waals surface area contributed by atoms with Crippen LogP contribution < -0.4 is 5.32 Å². The molecule has 128 valence electrons. The number of benzene rings is 3. The van der Waals surface area contributed by atoms with Crippen LogP contribution in [0.4, 0.5) is 11.4 Å². The maximum atomic E-state index is 11.4. The Hall–Kier alpha value is -3.36. The minimum atomic E-state index is -0.495. The molecule has 26 heavy (non-hydrogen) atoms. The summed E-state index contributed by atoms with van der Waals surface area (Å²) in [5.41, 5.74) is 2.41. The van der Waals surface area contributed by atoms with Crippen molar-refractivity contribution in [2.24, 2.45) is 0 Å². The van der Waals surface area contributed by atoms with Gasteiger partial charge in [0.25, 0.3) is 5.69 Å². The molecule has 0 amide bonds. The van der Waals surface area contributed by atoms with Crippen LogP contribution in [-0.2, 0) is 6.54 Å². The summed E-state index contributed by atoms with van der Waals surface area (Å²) in [6.45, 7) is 0.363. The van der Waals surface area contributed by atoms with Gasteiger partial charge in [-0.3, -0.25) is 10.1 Å². The third-order valence-electron chi connectivity index (χ3n) is 3.97. The van der Waals surface area contributed by atoms with E-state index in [1.807, 2.05) is 30.3 Å². The predicted molar refractivity (Wildman–Crippen MR) is 102 cm³/mol. The minimum Gasteiger partial charge on any atom is -0.374 e. The van der Waals surface area contributed by atoms with E-state index in [-0.39, 0.29) is 16.9 Å². The van der Waals surface area contributed by atoms with E-state index in [0.29, 0.717) is 22.7 Å². The number of hydrogen-bond donors (Lipinski definition) is 1. The monoisotopic (exact) mass is 363 g/mol. The van der Waals surface area contributed by atoms with E-state index in [0.717, 1.165) is 5.56 Å². The molecule has 0 fully saturated rings. The fraction of sp³-hybridized carbons (Fsp3) is 0.0500. The third kappa shape index (κ3) is 3.51. The van der Waals surface area contributed by atoms with Gasteiger partial charge >= 0.3 is 0 Å². The first-order valence-corrected chi connectivity index (χ1v) is 8.24. The zero-order valence-corrected chi connectivity index (χ0v) is 14.4. The standard InChI is InChI=1S/C20H14ClN3O2/c21-18-9-5-4-8-16(18)15-10-11-19(24(25)26)20(17(15)12-22)23-13-14-6-2-1-3-7-14/h1-11,23H,13H2. The molecular formula is C20H14ClN3O2. The van der Waals surface area contributed by atoms with Crippen LogP contribution in [0.5, 0.6) is 0 Å². The molecule has 0 radical (unpaired) electrons. The van der Waals surface area contributed by atoms with Gasteiger partial charge in [0.05, 0.1) is 10.5 Å². The largest absolute Gasteiger partial charge is 0.374 e. The van der Waals surface area contributed by atoms with Crippen molar-refractivity contribution in [3.8, 4) is 17.2 Å². The number of anilines is 1. The Bertz CT molecular complexity index is 998. The lowest BCUT2D eigenvalue weighted by Crippen LogP contribution is -2.06. The van der Waals surface area contributed by atoms with Crippen LogP contribution in [0.1, 0.15) is 11.1 Å². The first-order valence-electron chi connectivity index (χ1n) is 7.86. The van der Waals surface area contributed by atoms with Crippen molar-refractivity contribution in [3.05, 3.63) is 93.0 Å². The number of hydrogen-bond acceptors (Lipinski definition) is 4. The van der Waals surface area contributed by atoms with E-state index in [2.05, 4.69) is 11.4 Å². The lowest BCUT2D eigenvalue weighted by Gasteiger charge is -2.13. The molecule has 3 rings (SSSR count). The quantitative estimate of drug-likeness (QED) is 0.486. The second-order valence-electron chi connectivity index (χ2n) is 5.57. The Kier molecular flexibility index (Phi) is 5.16. The first-order chi connectivity index (χ1) is 12.6. The summed E-state index contributed by atoms with van der Waals surface area (Å²) in [7, 11) is 0. The molecule has 0 aliphatic carbocycles. The summed E-state index contributed by atoms with van der Waals surface area (Å²) in [5.74, 6) is 0. The molecule has 0 aliphatic heterocycles. The van der Waals surface area contributed by atoms with E-state index in [1.165, 1.54) is 6.07 Å². The normalized spacial score (nSPS) is 10.2. The van der Waals surface area contributed by atoms with E-state index < -0.39 is 4.92 Å². The van der Waals surface area contributed by atoms with Crippen LogP contribution in [0.15, 0.2) is 66.7 Å². The molecule has 0 spiro atoms. The molecule has 0 saturated carbocycles. The summed E-state index contributed by atoms with van der Waals surface area (Å²) >= 11 is 6.25. The van der Waals surface area contributed by atoms with Crippen molar-refractivity contribution in [3.63, 3.8) is 0 Å². The summed E-state index contributed by atoms with van der Waals surface area (Å²) in [6.07, 6.45) is 0. The molecule has 1 N–H and O–H groups in total. The van der Waals surface area contributed by atoms with Crippen molar-refractivity contribution in [1.29, 1.82) is 5.26 Å². The van der Waals surface area contributed by atoms with Crippen molar-refractivity contribution in [2.75, 3.05) is 5.32 Å². The zero-order chi connectivity index (χ0) is 18.5. The highest BCUT2D eigenvalue weighted by Crippen LogP contribution is 2.38. The second kappa shape index (κ2) is 7.68. The van der Waals surface area contributed by atoms with Gasteiger partial charge in [-0.15, -0.1) is 0 Å². The molecule has 5 nitrogen and oxygen atoms in total. The van der Waals surface area contributed by atoms with Gasteiger partial charge in [-0.25, -0.2) is 0 Å². The number of halogens is 1. The Morgan fingerprint density at radius 2 is 1.69 bits per heavy atom. The van der Waals surface area contributed by atoms with Crippen molar-refractivity contribution in [1.82, 2.24) is 0 Å². The van der Waals surface area contributed by atoms with Gasteiger partial charge in [-0.2, -0.15) is 5.26 Å². The summed E-state index contributed by atoms with van der Waals surface area (Å²) < 4.78 is 0. The average Bonchev–Trinajstić information content (AvgIpc) is 2.66. The number of nitrogens with one attached hydrogen (secondary N) is 1. The minimum absolute atomic E-state index is 0.145.